The van der Waals surface area contributed by atoms with Gasteiger partial charge in [-0.3, -0.25) is 0 Å². The Morgan fingerprint density at radius 1 is 1.39 bits per heavy atom. The van der Waals surface area contributed by atoms with E-state index in [0.717, 1.165) is 37.0 Å². The summed E-state index contributed by atoms with van der Waals surface area (Å²) in [5.74, 6) is 1.02. The van der Waals surface area contributed by atoms with Gasteiger partial charge in [0.15, 0.2) is 0 Å². The van der Waals surface area contributed by atoms with E-state index in [1.165, 1.54) is 25.7 Å². The summed E-state index contributed by atoms with van der Waals surface area (Å²) < 4.78 is 5.33. The number of aromatic nitrogens is 1. The molecule has 0 radical (unpaired) electrons. The highest BCUT2D eigenvalue weighted by Gasteiger charge is 2.19. The molecule has 102 valence electrons. The quantitative estimate of drug-likeness (QED) is 0.661. The van der Waals surface area contributed by atoms with E-state index in [9.17, 15) is 0 Å². The topological polar surface area (TPSA) is 50.1 Å². The second-order valence-corrected chi connectivity index (χ2v) is 5.51. The molecule has 1 heterocycles. The third-order valence-corrected chi connectivity index (χ3v) is 3.16. The summed E-state index contributed by atoms with van der Waals surface area (Å²) in [6.45, 7) is 6.20. The number of unbranched alkanes of at least 4 members (excludes halogenated alkanes) is 1. The molecular formula is C14H25N3O. The van der Waals surface area contributed by atoms with Gasteiger partial charge in [0.25, 0.3) is 0 Å². The highest BCUT2D eigenvalue weighted by molar-refractivity contribution is 5.05. The fourth-order valence-electron chi connectivity index (χ4n) is 1.88. The standard InChI is InChI=1S/C14H25N3O/c1-11(2)16-10-13-9-14(18-17-13)5-3-4-8-15-12-6-7-12/h9,11-12,15-16H,3-8,10H2,1-2H3. The monoisotopic (exact) mass is 251 g/mol. The van der Waals surface area contributed by atoms with Crippen molar-refractivity contribution >= 4 is 0 Å². The van der Waals surface area contributed by atoms with Gasteiger partial charge in [-0.2, -0.15) is 0 Å². The van der Waals surface area contributed by atoms with Gasteiger partial charge in [0.05, 0.1) is 5.69 Å². The van der Waals surface area contributed by atoms with Crippen LogP contribution >= 0.6 is 0 Å². The minimum atomic E-state index is 0.485. The molecule has 1 aliphatic rings. The second kappa shape index (κ2) is 6.90. The number of nitrogens with one attached hydrogen (secondary N) is 2. The average Bonchev–Trinajstić information content (AvgIpc) is 3.05. The lowest BCUT2D eigenvalue weighted by molar-refractivity contribution is 0.370. The minimum absolute atomic E-state index is 0.485. The maximum absolute atomic E-state index is 5.33. The lowest BCUT2D eigenvalue weighted by Gasteiger charge is -2.03. The zero-order chi connectivity index (χ0) is 12.8. The molecule has 1 saturated carbocycles. The Hall–Kier alpha value is -0.870. The molecule has 0 spiro atoms. The Bertz CT molecular complexity index is 345. The van der Waals surface area contributed by atoms with E-state index >= 15 is 0 Å². The van der Waals surface area contributed by atoms with E-state index in [4.69, 9.17) is 4.52 Å². The van der Waals surface area contributed by atoms with Crippen molar-refractivity contribution in [1.82, 2.24) is 15.8 Å². The van der Waals surface area contributed by atoms with Gasteiger partial charge in [0.2, 0.25) is 0 Å². The van der Waals surface area contributed by atoms with Crippen LogP contribution in [0.5, 0.6) is 0 Å². The first-order valence-corrected chi connectivity index (χ1v) is 7.15. The second-order valence-electron chi connectivity index (χ2n) is 5.51. The summed E-state index contributed by atoms with van der Waals surface area (Å²) in [6, 6.07) is 3.38. The van der Waals surface area contributed by atoms with Crippen molar-refractivity contribution in [3.63, 3.8) is 0 Å². The Balaban J connectivity index is 1.57. The first-order chi connectivity index (χ1) is 8.74. The molecule has 0 aliphatic heterocycles. The Morgan fingerprint density at radius 3 is 2.94 bits per heavy atom. The van der Waals surface area contributed by atoms with Crippen LogP contribution in [0.4, 0.5) is 0 Å². The maximum Gasteiger partial charge on any atom is 0.137 e. The zero-order valence-electron chi connectivity index (χ0n) is 11.5. The number of hydrogen-bond acceptors (Lipinski definition) is 4. The Labute approximate surface area is 110 Å². The van der Waals surface area contributed by atoms with Crippen molar-refractivity contribution in [2.75, 3.05) is 6.54 Å². The largest absolute Gasteiger partial charge is 0.361 e. The van der Waals surface area contributed by atoms with Crippen LogP contribution in [-0.2, 0) is 13.0 Å². The highest BCUT2D eigenvalue weighted by Crippen LogP contribution is 2.18. The SMILES string of the molecule is CC(C)NCc1cc(CCCCNC2CC2)on1. The van der Waals surface area contributed by atoms with Crippen LogP contribution in [0.25, 0.3) is 0 Å². The van der Waals surface area contributed by atoms with Crippen molar-refractivity contribution < 1.29 is 4.52 Å². The van der Waals surface area contributed by atoms with Crippen molar-refractivity contribution in [2.45, 2.75) is 64.6 Å². The number of aryl methyl sites for hydroxylation is 1. The number of rotatable bonds is 9. The average molecular weight is 251 g/mol. The molecule has 4 nitrogen and oxygen atoms in total. The minimum Gasteiger partial charge on any atom is -0.361 e. The molecule has 0 unspecified atom stereocenters. The fourth-order valence-corrected chi connectivity index (χ4v) is 1.88. The predicted octanol–water partition coefficient (Wildman–Crippen LogP) is 2.25. The van der Waals surface area contributed by atoms with Gasteiger partial charge in [0.1, 0.15) is 5.76 Å². The van der Waals surface area contributed by atoms with Crippen LogP contribution in [0.3, 0.4) is 0 Å². The van der Waals surface area contributed by atoms with E-state index in [2.05, 4.69) is 35.7 Å². The van der Waals surface area contributed by atoms with Crippen LogP contribution in [0.15, 0.2) is 10.6 Å². The van der Waals surface area contributed by atoms with Crippen molar-refractivity contribution in [3.05, 3.63) is 17.5 Å². The summed E-state index contributed by atoms with van der Waals surface area (Å²) in [7, 11) is 0. The van der Waals surface area contributed by atoms with Crippen LogP contribution in [-0.4, -0.2) is 23.8 Å². The maximum atomic E-state index is 5.33. The van der Waals surface area contributed by atoms with Gasteiger partial charge in [0, 0.05) is 31.1 Å². The molecule has 0 bridgehead atoms. The van der Waals surface area contributed by atoms with Gasteiger partial charge in [-0.15, -0.1) is 0 Å². The van der Waals surface area contributed by atoms with Crippen LogP contribution in [0.2, 0.25) is 0 Å². The van der Waals surface area contributed by atoms with Gasteiger partial charge >= 0.3 is 0 Å². The molecule has 0 aromatic carbocycles. The van der Waals surface area contributed by atoms with E-state index < -0.39 is 0 Å². The molecule has 1 aliphatic carbocycles. The molecule has 18 heavy (non-hydrogen) atoms. The third kappa shape index (κ3) is 5.19. The summed E-state index contributed by atoms with van der Waals surface area (Å²) in [4.78, 5) is 0. The normalized spacial score (nSPS) is 15.5. The van der Waals surface area contributed by atoms with Crippen LogP contribution < -0.4 is 10.6 Å². The number of hydrogen-bond donors (Lipinski definition) is 2. The van der Waals surface area contributed by atoms with Gasteiger partial charge < -0.3 is 15.2 Å². The van der Waals surface area contributed by atoms with Crippen molar-refractivity contribution in [2.24, 2.45) is 0 Å². The van der Waals surface area contributed by atoms with E-state index in [0.29, 0.717) is 6.04 Å². The molecular weight excluding hydrogens is 226 g/mol. The highest BCUT2D eigenvalue weighted by atomic mass is 16.5. The predicted molar refractivity (Wildman–Crippen MR) is 72.4 cm³/mol. The summed E-state index contributed by atoms with van der Waals surface area (Å²) in [5.41, 5.74) is 1.01. The van der Waals surface area contributed by atoms with E-state index in [-0.39, 0.29) is 0 Å². The van der Waals surface area contributed by atoms with Gasteiger partial charge in [-0.25, -0.2) is 0 Å². The Kier molecular flexibility index (Phi) is 5.20. The molecule has 1 aromatic heterocycles. The molecule has 0 saturated heterocycles. The fraction of sp³-hybridized carbons (Fsp3) is 0.786. The molecule has 1 fully saturated rings. The third-order valence-electron chi connectivity index (χ3n) is 3.16. The number of nitrogens with zero attached hydrogens (tertiary/aromatic N) is 1. The summed E-state index contributed by atoms with van der Waals surface area (Å²) in [6.07, 6.45) is 6.13. The lowest BCUT2D eigenvalue weighted by Crippen LogP contribution is -2.21. The van der Waals surface area contributed by atoms with Gasteiger partial charge in [-0.1, -0.05) is 19.0 Å². The van der Waals surface area contributed by atoms with Gasteiger partial charge in [-0.05, 0) is 32.2 Å². The lowest BCUT2D eigenvalue weighted by atomic mass is 10.2. The van der Waals surface area contributed by atoms with Crippen LogP contribution in [0, 0.1) is 0 Å². The van der Waals surface area contributed by atoms with E-state index in [1.807, 2.05) is 0 Å². The molecule has 0 amide bonds. The molecule has 0 atom stereocenters. The zero-order valence-corrected chi connectivity index (χ0v) is 11.5. The first kappa shape index (κ1) is 13.6. The summed E-state index contributed by atoms with van der Waals surface area (Å²) in [5, 5.41) is 10.9. The molecule has 2 N–H and O–H groups in total. The van der Waals surface area contributed by atoms with Crippen molar-refractivity contribution in [3.8, 4) is 0 Å². The molecule has 2 rings (SSSR count). The van der Waals surface area contributed by atoms with Crippen molar-refractivity contribution in [1.29, 1.82) is 0 Å². The first-order valence-electron chi connectivity index (χ1n) is 7.15. The Morgan fingerprint density at radius 2 is 2.22 bits per heavy atom. The molecule has 1 aromatic rings. The molecule has 4 heteroatoms. The summed E-state index contributed by atoms with van der Waals surface area (Å²) >= 11 is 0. The van der Waals surface area contributed by atoms with E-state index in [1.54, 1.807) is 0 Å². The van der Waals surface area contributed by atoms with Crippen LogP contribution in [0.1, 0.15) is 51.0 Å². The smallest absolute Gasteiger partial charge is 0.137 e.